The highest BCUT2D eigenvalue weighted by molar-refractivity contribution is 14.0. The lowest BCUT2D eigenvalue weighted by atomic mass is 10.1. The lowest BCUT2D eigenvalue weighted by Gasteiger charge is -2.38. The van der Waals surface area contributed by atoms with Crippen LogP contribution in [0.15, 0.2) is 59.6 Å². The molecule has 0 bridgehead atoms. The van der Waals surface area contributed by atoms with E-state index in [0.717, 1.165) is 31.0 Å². The Kier molecular flexibility index (Phi) is 8.50. The monoisotopic (exact) mass is 483 g/mol. The molecule has 4 nitrogen and oxygen atoms in total. The van der Waals surface area contributed by atoms with Crippen molar-refractivity contribution in [1.29, 1.82) is 0 Å². The van der Waals surface area contributed by atoms with Crippen molar-refractivity contribution in [3.8, 4) is 0 Å². The highest BCUT2D eigenvalue weighted by Gasteiger charge is 2.28. The van der Waals surface area contributed by atoms with Crippen LogP contribution in [-0.2, 0) is 11.2 Å². The molecule has 27 heavy (non-hydrogen) atoms. The molecule has 1 saturated heterocycles. The van der Waals surface area contributed by atoms with Gasteiger partial charge in [0.15, 0.2) is 5.96 Å². The molecule has 1 aliphatic heterocycles. The maximum atomic E-state index is 13.2. The predicted octanol–water partition coefficient (Wildman–Crippen LogP) is 4.02. The standard InChI is InChI=1S/C21H26FN3O.HI/c1-16-14-25(15-20(26-16)18-8-10-19(22)11-9-18)21(23-2)24-13-12-17-6-4-3-5-7-17;/h3-11,16,20H,12-15H2,1-2H3,(H,23,24);1H. The fraction of sp³-hybridized carbons (Fsp3) is 0.381. The third-order valence-electron chi connectivity index (χ3n) is 4.55. The molecular weight excluding hydrogens is 456 g/mol. The van der Waals surface area contributed by atoms with Crippen molar-refractivity contribution >= 4 is 29.9 Å². The van der Waals surface area contributed by atoms with E-state index >= 15 is 0 Å². The summed E-state index contributed by atoms with van der Waals surface area (Å²) in [6.07, 6.45) is 0.930. The largest absolute Gasteiger partial charge is 0.367 e. The van der Waals surface area contributed by atoms with Crippen LogP contribution in [0.3, 0.4) is 0 Å². The van der Waals surface area contributed by atoms with Crippen molar-refractivity contribution in [2.75, 3.05) is 26.7 Å². The minimum Gasteiger partial charge on any atom is -0.367 e. The van der Waals surface area contributed by atoms with Crippen molar-refractivity contribution in [2.24, 2.45) is 4.99 Å². The zero-order chi connectivity index (χ0) is 18.4. The number of nitrogens with one attached hydrogen (secondary N) is 1. The molecule has 1 heterocycles. The zero-order valence-electron chi connectivity index (χ0n) is 15.8. The van der Waals surface area contributed by atoms with Gasteiger partial charge in [-0.1, -0.05) is 42.5 Å². The topological polar surface area (TPSA) is 36.9 Å². The van der Waals surface area contributed by atoms with Gasteiger partial charge in [-0.3, -0.25) is 4.99 Å². The van der Waals surface area contributed by atoms with E-state index in [-0.39, 0.29) is 42.0 Å². The maximum Gasteiger partial charge on any atom is 0.193 e. The second-order valence-corrected chi connectivity index (χ2v) is 6.60. The second-order valence-electron chi connectivity index (χ2n) is 6.60. The molecule has 0 amide bonds. The summed E-state index contributed by atoms with van der Waals surface area (Å²) in [5, 5.41) is 3.45. The first-order valence-electron chi connectivity index (χ1n) is 9.06. The SMILES string of the molecule is CN=C(NCCc1ccccc1)N1CC(C)OC(c2ccc(F)cc2)C1.I. The Labute approximate surface area is 177 Å². The summed E-state index contributed by atoms with van der Waals surface area (Å²) in [4.78, 5) is 6.65. The van der Waals surface area contributed by atoms with Gasteiger partial charge in [0.25, 0.3) is 0 Å². The molecule has 1 aliphatic rings. The molecule has 0 aliphatic carbocycles. The molecule has 0 aromatic heterocycles. The highest BCUT2D eigenvalue weighted by Crippen LogP contribution is 2.25. The molecule has 1 fully saturated rings. The number of ether oxygens (including phenoxy) is 1. The van der Waals surface area contributed by atoms with Gasteiger partial charge in [0.2, 0.25) is 0 Å². The van der Waals surface area contributed by atoms with Crippen LogP contribution in [0.4, 0.5) is 4.39 Å². The highest BCUT2D eigenvalue weighted by atomic mass is 127. The molecular formula is C21H27FIN3O. The summed E-state index contributed by atoms with van der Waals surface area (Å²) in [5.74, 6) is 0.649. The molecule has 2 atom stereocenters. The fourth-order valence-electron chi connectivity index (χ4n) is 3.28. The Morgan fingerprint density at radius 3 is 2.52 bits per heavy atom. The molecule has 6 heteroatoms. The van der Waals surface area contributed by atoms with Crippen molar-refractivity contribution in [3.05, 3.63) is 71.5 Å². The smallest absolute Gasteiger partial charge is 0.193 e. The molecule has 2 unspecified atom stereocenters. The van der Waals surface area contributed by atoms with Crippen LogP contribution < -0.4 is 5.32 Å². The van der Waals surface area contributed by atoms with E-state index in [2.05, 4.69) is 46.4 Å². The van der Waals surface area contributed by atoms with E-state index in [4.69, 9.17) is 4.74 Å². The normalized spacial score (nSPS) is 20.1. The van der Waals surface area contributed by atoms with Crippen molar-refractivity contribution in [1.82, 2.24) is 10.2 Å². The van der Waals surface area contributed by atoms with Gasteiger partial charge in [-0.05, 0) is 36.6 Å². The van der Waals surface area contributed by atoms with E-state index in [9.17, 15) is 4.39 Å². The Balaban J connectivity index is 0.00000261. The molecule has 0 saturated carbocycles. The van der Waals surface area contributed by atoms with Gasteiger partial charge in [0.05, 0.1) is 12.6 Å². The van der Waals surface area contributed by atoms with Crippen LogP contribution in [0.25, 0.3) is 0 Å². The van der Waals surface area contributed by atoms with Crippen LogP contribution in [-0.4, -0.2) is 43.6 Å². The van der Waals surface area contributed by atoms with E-state index < -0.39 is 0 Å². The van der Waals surface area contributed by atoms with Crippen LogP contribution >= 0.6 is 24.0 Å². The number of rotatable bonds is 4. The molecule has 2 aromatic carbocycles. The quantitative estimate of drug-likeness (QED) is 0.406. The first kappa shape index (κ1) is 21.6. The van der Waals surface area contributed by atoms with Crippen LogP contribution in [0, 0.1) is 5.82 Å². The maximum absolute atomic E-state index is 13.2. The number of benzene rings is 2. The second kappa shape index (κ2) is 10.6. The summed E-state index contributed by atoms with van der Waals surface area (Å²) in [7, 11) is 1.80. The van der Waals surface area contributed by atoms with Gasteiger partial charge in [0, 0.05) is 20.1 Å². The Morgan fingerprint density at radius 1 is 1.15 bits per heavy atom. The van der Waals surface area contributed by atoms with Gasteiger partial charge < -0.3 is 15.0 Å². The lowest BCUT2D eigenvalue weighted by Crippen LogP contribution is -2.51. The number of guanidine groups is 1. The first-order valence-corrected chi connectivity index (χ1v) is 9.06. The number of nitrogens with zero attached hydrogens (tertiary/aromatic N) is 2. The lowest BCUT2D eigenvalue weighted by molar-refractivity contribution is -0.0604. The summed E-state index contributed by atoms with van der Waals surface area (Å²) >= 11 is 0. The molecule has 146 valence electrons. The van der Waals surface area contributed by atoms with E-state index in [1.165, 1.54) is 17.7 Å². The minimum atomic E-state index is -0.229. The zero-order valence-corrected chi connectivity index (χ0v) is 18.1. The van der Waals surface area contributed by atoms with Gasteiger partial charge in [-0.25, -0.2) is 4.39 Å². The van der Waals surface area contributed by atoms with Crippen molar-refractivity contribution in [3.63, 3.8) is 0 Å². The Bertz CT molecular complexity index is 724. The number of hydrogen-bond donors (Lipinski definition) is 1. The van der Waals surface area contributed by atoms with Crippen molar-refractivity contribution in [2.45, 2.75) is 25.6 Å². The number of aliphatic imine (C=N–C) groups is 1. The number of morpholine rings is 1. The van der Waals surface area contributed by atoms with E-state index in [0.29, 0.717) is 6.54 Å². The van der Waals surface area contributed by atoms with E-state index in [1.807, 2.05) is 6.07 Å². The predicted molar refractivity (Wildman–Crippen MR) is 118 cm³/mol. The van der Waals surface area contributed by atoms with Gasteiger partial charge in [-0.2, -0.15) is 0 Å². The fourth-order valence-corrected chi connectivity index (χ4v) is 3.28. The minimum absolute atomic E-state index is 0. The molecule has 2 aromatic rings. The van der Waals surface area contributed by atoms with Gasteiger partial charge in [0.1, 0.15) is 11.9 Å². The summed E-state index contributed by atoms with van der Waals surface area (Å²) in [6.45, 7) is 4.35. The number of halogens is 2. The van der Waals surface area contributed by atoms with Crippen LogP contribution in [0.1, 0.15) is 24.2 Å². The van der Waals surface area contributed by atoms with Gasteiger partial charge >= 0.3 is 0 Å². The molecule has 0 spiro atoms. The molecule has 0 radical (unpaired) electrons. The average molecular weight is 483 g/mol. The summed E-state index contributed by atoms with van der Waals surface area (Å²) in [6, 6.07) is 17.0. The first-order chi connectivity index (χ1) is 12.7. The van der Waals surface area contributed by atoms with Crippen LogP contribution in [0.2, 0.25) is 0 Å². The Hall–Kier alpha value is -1.67. The Morgan fingerprint density at radius 2 is 1.85 bits per heavy atom. The third kappa shape index (κ3) is 6.17. The summed E-state index contributed by atoms with van der Waals surface area (Å²) in [5.41, 5.74) is 2.29. The average Bonchev–Trinajstić information content (AvgIpc) is 2.66. The van der Waals surface area contributed by atoms with Crippen LogP contribution in [0.5, 0.6) is 0 Å². The van der Waals surface area contributed by atoms with E-state index in [1.54, 1.807) is 19.2 Å². The third-order valence-corrected chi connectivity index (χ3v) is 4.55. The molecule has 3 rings (SSSR count). The summed E-state index contributed by atoms with van der Waals surface area (Å²) < 4.78 is 19.3. The number of hydrogen-bond acceptors (Lipinski definition) is 2. The van der Waals surface area contributed by atoms with Crippen molar-refractivity contribution < 1.29 is 9.13 Å². The van der Waals surface area contributed by atoms with Gasteiger partial charge in [-0.15, -0.1) is 24.0 Å². The molecule has 1 N–H and O–H groups in total.